The molecular weight excluding hydrogens is 188 g/mol. The molecule has 0 aliphatic heterocycles. The fourth-order valence-electron chi connectivity index (χ4n) is 2.11. The maximum absolute atomic E-state index is 10.2. The highest BCUT2D eigenvalue weighted by molar-refractivity contribution is 4.84. The Balaban J connectivity index is 4.30. The summed E-state index contributed by atoms with van der Waals surface area (Å²) in [5, 5.41) is 19.7. The van der Waals surface area contributed by atoms with Crippen LogP contribution in [0.3, 0.4) is 0 Å². The minimum atomic E-state index is -0.334. The molecule has 0 aromatic heterocycles. The molecular formula is C13H28O2. The molecule has 2 nitrogen and oxygen atoms in total. The number of aliphatic hydroxyl groups is 2. The zero-order valence-electron chi connectivity index (χ0n) is 10.6. The second-order valence-electron chi connectivity index (χ2n) is 4.64. The Morgan fingerprint density at radius 2 is 1.67 bits per heavy atom. The van der Waals surface area contributed by atoms with Crippen LogP contribution in [-0.4, -0.2) is 22.9 Å². The summed E-state index contributed by atoms with van der Waals surface area (Å²) in [6.07, 6.45) is 6.69. The van der Waals surface area contributed by atoms with Gasteiger partial charge in [0.25, 0.3) is 0 Å². The van der Waals surface area contributed by atoms with Gasteiger partial charge in [-0.3, -0.25) is 0 Å². The molecule has 0 heterocycles. The molecule has 0 fully saturated rings. The van der Waals surface area contributed by atoms with Gasteiger partial charge >= 0.3 is 0 Å². The Kier molecular flexibility index (Phi) is 8.07. The van der Waals surface area contributed by atoms with Gasteiger partial charge in [0.05, 0.1) is 12.7 Å². The van der Waals surface area contributed by atoms with E-state index in [0.29, 0.717) is 0 Å². The zero-order valence-corrected chi connectivity index (χ0v) is 10.6. The van der Waals surface area contributed by atoms with Crippen molar-refractivity contribution >= 4 is 0 Å². The first-order valence-corrected chi connectivity index (χ1v) is 6.45. The molecule has 2 unspecified atom stereocenters. The van der Waals surface area contributed by atoms with Crippen molar-refractivity contribution in [3.05, 3.63) is 0 Å². The predicted octanol–water partition coefficient (Wildman–Crippen LogP) is 3.12. The molecule has 0 aromatic rings. The molecule has 0 radical (unpaired) electrons. The first-order valence-electron chi connectivity index (χ1n) is 6.45. The van der Waals surface area contributed by atoms with Gasteiger partial charge in [-0.05, 0) is 19.3 Å². The Bertz CT molecular complexity index is 141. The van der Waals surface area contributed by atoms with Crippen molar-refractivity contribution < 1.29 is 10.2 Å². The lowest BCUT2D eigenvalue weighted by Gasteiger charge is -2.36. The van der Waals surface area contributed by atoms with Crippen molar-refractivity contribution in [2.45, 2.75) is 71.8 Å². The van der Waals surface area contributed by atoms with Crippen LogP contribution in [0.2, 0.25) is 0 Å². The molecule has 2 heteroatoms. The monoisotopic (exact) mass is 216 g/mol. The van der Waals surface area contributed by atoms with Crippen molar-refractivity contribution in [1.82, 2.24) is 0 Å². The van der Waals surface area contributed by atoms with E-state index in [1.54, 1.807) is 0 Å². The molecule has 0 aromatic carbocycles. The van der Waals surface area contributed by atoms with Gasteiger partial charge in [0.2, 0.25) is 0 Å². The van der Waals surface area contributed by atoms with Gasteiger partial charge in [-0.15, -0.1) is 0 Å². The summed E-state index contributed by atoms with van der Waals surface area (Å²) in [5.41, 5.74) is -0.245. The summed E-state index contributed by atoms with van der Waals surface area (Å²) < 4.78 is 0. The van der Waals surface area contributed by atoms with E-state index < -0.39 is 0 Å². The molecule has 92 valence electrons. The van der Waals surface area contributed by atoms with Crippen LogP contribution in [0, 0.1) is 5.41 Å². The standard InChI is InChI=1S/C13H28O2/c1-4-7-9-12(15)13(6-3,11-14)10-8-5-2/h12,14-15H,4-11H2,1-3H3. The summed E-state index contributed by atoms with van der Waals surface area (Å²) in [5.74, 6) is 0. The molecule has 0 aliphatic carbocycles. The maximum Gasteiger partial charge on any atom is 0.0618 e. The van der Waals surface area contributed by atoms with Crippen LogP contribution in [-0.2, 0) is 0 Å². The van der Waals surface area contributed by atoms with Crippen LogP contribution in [0.4, 0.5) is 0 Å². The van der Waals surface area contributed by atoms with E-state index in [1.807, 2.05) is 0 Å². The SMILES string of the molecule is CCCCC(O)C(CC)(CO)CCCC. The summed E-state index contributed by atoms with van der Waals surface area (Å²) in [6, 6.07) is 0. The van der Waals surface area contributed by atoms with Crippen molar-refractivity contribution in [2.24, 2.45) is 5.41 Å². The van der Waals surface area contributed by atoms with Gasteiger partial charge in [-0.1, -0.05) is 46.5 Å². The molecule has 0 bridgehead atoms. The minimum Gasteiger partial charge on any atom is -0.396 e. The average Bonchev–Trinajstić information content (AvgIpc) is 2.28. The maximum atomic E-state index is 10.2. The third kappa shape index (κ3) is 4.52. The summed E-state index contributed by atoms with van der Waals surface area (Å²) in [4.78, 5) is 0. The zero-order chi connectivity index (χ0) is 11.7. The molecule has 0 aliphatic rings. The predicted molar refractivity (Wildman–Crippen MR) is 64.9 cm³/mol. The van der Waals surface area contributed by atoms with E-state index in [9.17, 15) is 10.2 Å². The lowest BCUT2D eigenvalue weighted by molar-refractivity contribution is -0.0333. The van der Waals surface area contributed by atoms with E-state index >= 15 is 0 Å². The van der Waals surface area contributed by atoms with Gasteiger partial charge in [0.1, 0.15) is 0 Å². The summed E-state index contributed by atoms with van der Waals surface area (Å²) in [7, 11) is 0. The van der Waals surface area contributed by atoms with E-state index in [0.717, 1.165) is 44.9 Å². The lowest BCUT2D eigenvalue weighted by Crippen LogP contribution is -2.38. The van der Waals surface area contributed by atoms with Gasteiger partial charge in [-0.25, -0.2) is 0 Å². The second kappa shape index (κ2) is 8.12. The van der Waals surface area contributed by atoms with E-state index in [4.69, 9.17) is 0 Å². The first kappa shape index (κ1) is 14.9. The fraction of sp³-hybridized carbons (Fsp3) is 1.00. The third-order valence-electron chi connectivity index (χ3n) is 3.59. The van der Waals surface area contributed by atoms with Crippen LogP contribution in [0.15, 0.2) is 0 Å². The lowest BCUT2D eigenvalue weighted by atomic mass is 9.74. The fourth-order valence-corrected chi connectivity index (χ4v) is 2.11. The van der Waals surface area contributed by atoms with Crippen LogP contribution in [0.5, 0.6) is 0 Å². The van der Waals surface area contributed by atoms with E-state index in [1.165, 1.54) is 0 Å². The first-order chi connectivity index (χ1) is 7.16. The highest BCUT2D eigenvalue weighted by Gasteiger charge is 2.34. The van der Waals surface area contributed by atoms with Crippen molar-refractivity contribution in [3.63, 3.8) is 0 Å². The second-order valence-corrected chi connectivity index (χ2v) is 4.64. The quantitative estimate of drug-likeness (QED) is 0.621. The molecule has 2 N–H and O–H groups in total. The number of aliphatic hydroxyl groups excluding tert-OH is 2. The highest BCUT2D eigenvalue weighted by atomic mass is 16.3. The smallest absolute Gasteiger partial charge is 0.0618 e. The molecule has 15 heavy (non-hydrogen) atoms. The summed E-state index contributed by atoms with van der Waals surface area (Å²) in [6.45, 7) is 6.47. The molecule has 0 rings (SSSR count). The molecule has 2 atom stereocenters. The Morgan fingerprint density at radius 1 is 1.07 bits per heavy atom. The Morgan fingerprint density at radius 3 is 2.07 bits per heavy atom. The van der Waals surface area contributed by atoms with Crippen molar-refractivity contribution in [2.75, 3.05) is 6.61 Å². The number of hydrogen-bond donors (Lipinski definition) is 2. The Hall–Kier alpha value is -0.0800. The normalized spacial score (nSPS) is 17.4. The van der Waals surface area contributed by atoms with E-state index in [-0.39, 0.29) is 18.1 Å². The van der Waals surface area contributed by atoms with Crippen LogP contribution in [0.1, 0.15) is 65.7 Å². The van der Waals surface area contributed by atoms with Crippen molar-refractivity contribution in [3.8, 4) is 0 Å². The van der Waals surface area contributed by atoms with Crippen molar-refractivity contribution in [1.29, 1.82) is 0 Å². The molecule has 0 saturated carbocycles. The van der Waals surface area contributed by atoms with Crippen LogP contribution >= 0.6 is 0 Å². The van der Waals surface area contributed by atoms with Gasteiger partial charge in [-0.2, -0.15) is 0 Å². The van der Waals surface area contributed by atoms with Crippen LogP contribution < -0.4 is 0 Å². The molecule has 0 spiro atoms. The summed E-state index contributed by atoms with van der Waals surface area (Å²) >= 11 is 0. The topological polar surface area (TPSA) is 40.5 Å². The third-order valence-corrected chi connectivity index (χ3v) is 3.59. The molecule has 0 saturated heterocycles. The van der Waals surface area contributed by atoms with Gasteiger partial charge in [0.15, 0.2) is 0 Å². The highest BCUT2D eigenvalue weighted by Crippen LogP contribution is 2.34. The van der Waals surface area contributed by atoms with Gasteiger partial charge < -0.3 is 10.2 Å². The number of hydrogen-bond acceptors (Lipinski definition) is 2. The Labute approximate surface area is 94.7 Å². The van der Waals surface area contributed by atoms with Gasteiger partial charge in [0, 0.05) is 5.41 Å². The van der Waals surface area contributed by atoms with E-state index in [2.05, 4.69) is 20.8 Å². The average molecular weight is 216 g/mol. The minimum absolute atomic E-state index is 0.119. The molecule has 0 amide bonds. The number of rotatable bonds is 9. The largest absolute Gasteiger partial charge is 0.396 e. The number of unbranched alkanes of at least 4 members (excludes halogenated alkanes) is 2. The van der Waals surface area contributed by atoms with Crippen LogP contribution in [0.25, 0.3) is 0 Å².